The number of pyridine rings is 1. The molecule has 0 unspecified atom stereocenters. The van der Waals surface area contributed by atoms with Crippen molar-refractivity contribution < 1.29 is 4.79 Å². The summed E-state index contributed by atoms with van der Waals surface area (Å²) in [6.45, 7) is 0. The van der Waals surface area contributed by atoms with Gasteiger partial charge in [-0.15, -0.1) is 0 Å². The number of anilines is 1. The van der Waals surface area contributed by atoms with E-state index in [9.17, 15) is 4.79 Å². The summed E-state index contributed by atoms with van der Waals surface area (Å²) >= 11 is 3.59. The average molecular weight is 372 g/mol. The number of aromatic nitrogens is 2. The Morgan fingerprint density at radius 3 is 2.88 bits per heavy atom. The normalized spacial score (nSPS) is 20.7. The molecule has 4 rings (SSSR count). The maximum atomic E-state index is 12.7. The van der Waals surface area contributed by atoms with Crippen LogP contribution in [-0.4, -0.2) is 27.4 Å². The van der Waals surface area contributed by atoms with Crippen molar-refractivity contribution in [3.8, 4) is 11.3 Å². The zero-order chi connectivity index (χ0) is 17.2. The molecule has 0 aliphatic heterocycles. The molecule has 1 aliphatic carbocycles. The number of carbonyl (C=O) groups is 1. The molecule has 25 heavy (non-hydrogen) atoms. The number of aromatic amines is 1. The fourth-order valence-corrected chi connectivity index (χ4v) is 4.90. The third-order valence-electron chi connectivity index (χ3n) is 5.00. The van der Waals surface area contributed by atoms with Crippen LogP contribution >= 0.6 is 23.1 Å². The topological polar surface area (TPSA) is 57.8 Å². The van der Waals surface area contributed by atoms with Gasteiger partial charge in [-0.2, -0.15) is 23.1 Å². The van der Waals surface area contributed by atoms with Crippen molar-refractivity contribution >= 4 is 45.7 Å². The number of thioether (sulfide) groups is 1. The molecule has 1 saturated carbocycles. The van der Waals surface area contributed by atoms with Gasteiger partial charge in [0.25, 0.3) is 0 Å². The second-order valence-electron chi connectivity index (χ2n) is 6.51. The monoisotopic (exact) mass is 371 g/mol. The van der Waals surface area contributed by atoms with Crippen molar-refractivity contribution in [2.75, 3.05) is 11.6 Å². The van der Waals surface area contributed by atoms with E-state index in [1.54, 1.807) is 17.5 Å². The summed E-state index contributed by atoms with van der Waals surface area (Å²) in [6, 6.07) is 6.04. The zero-order valence-corrected chi connectivity index (χ0v) is 15.8. The van der Waals surface area contributed by atoms with Crippen molar-refractivity contribution in [1.29, 1.82) is 0 Å². The first kappa shape index (κ1) is 16.7. The molecule has 3 heterocycles. The molecule has 130 valence electrons. The number of nitrogens with zero attached hydrogens (tertiary/aromatic N) is 1. The summed E-state index contributed by atoms with van der Waals surface area (Å²) in [7, 11) is 0. The number of thiophene rings is 1. The van der Waals surface area contributed by atoms with Gasteiger partial charge < -0.3 is 10.3 Å². The number of rotatable bonds is 4. The van der Waals surface area contributed by atoms with Crippen LogP contribution in [0.15, 0.2) is 35.2 Å². The van der Waals surface area contributed by atoms with Crippen LogP contribution in [0.3, 0.4) is 0 Å². The average Bonchev–Trinajstić information content (AvgIpc) is 3.31. The molecule has 6 heteroatoms. The highest BCUT2D eigenvalue weighted by molar-refractivity contribution is 7.99. The van der Waals surface area contributed by atoms with E-state index in [1.165, 1.54) is 0 Å². The van der Waals surface area contributed by atoms with Crippen LogP contribution in [-0.2, 0) is 4.79 Å². The first-order valence-corrected chi connectivity index (χ1v) is 10.8. The Balaban J connectivity index is 1.54. The Morgan fingerprint density at radius 1 is 1.32 bits per heavy atom. The van der Waals surface area contributed by atoms with Crippen molar-refractivity contribution in [1.82, 2.24) is 9.97 Å². The highest BCUT2D eigenvalue weighted by Crippen LogP contribution is 2.33. The summed E-state index contributed by atoms with van der Waals surface area (Å²) in [5.41, 5.74) is 3.84. The number of amides is 1. The Kier molecular flexibility index (Phi) is 4.81. The van der Waals surface area contributed by atoms with Crippen molar-refractivity contribution in [2.24, 2.45) is 5.92 Å². The minimum absolute atomic E-state index is 0.127. The number of H-pyrrole nitrogens is 1. The second kappa shape index (κ2) is 7.22. The number of carbonyl (C=O) groups excluding carboxylic acids is 1. The fraction of sp³-hybridized carbons (Fsp3) is 0.368. The van der Waals surface area contributed by atoms with Crippen molar-refractivity contribution in [3.05, 3.63) is 35.2 Å². The van der Waals surface area contributed by atoms with Crippen LogP contribution in [0.5, 0.6) is 0 Å². The van der Waals surface area contributed by atoms with Gasteiger partial charge in [0, 0.05) is 39.4 Å². The van der Waals surface area contributed by atoms with E-state index in [2.05, 4.69) is 44.4 Å². The molecule has 1 fully saturated rings. The molecule has 0 atom stereocenters. The molecule has 0 aromatic carbocycles. The van der Waals surface area contributed by atoms with Crippen LogP contribution in [0.2, 0.25) is 0 Å². The fourth-order valence-electron chi connectivity index (χ4n) is 3.50. The first-order chi connectivity index (χ1) is 12.2. The maximum Gasteiger partial charge on any atom is 0.227 e. The van der Waals surface area contributed by atoms with Crippen LogP contribution < -0.4 is 5.32 Å². The third kappa shape index (κ3) is 3.46. The maximum absolute atomic E-state index is 12.7. The van der Waals surface area contributed by atoms with E-state index >= 15 is 0 Å². The lowest BCUT2D eigenvalue weighted by Crippen LogP contribution is -2.27. The predicted octanol–water partition coefficient (Wildman–Crippen LogP) is 5.15. The Morgan fingerprint density at radius 2 is 2.16 bits per heavy atom. The molecule has 0 bridgehead atoms. The summed E-state index contributed by atoms with van der Waals surface area (Å²) < 4.78 is 0. The van der Waals surface area contributed by atoms with Gasteiger partial charge in [-0.05, 0) is 55.5 Å². The minimum Gasteiger partial charge on any atom is -0.339 e. The molecular formula is C19H21N3OS2. The molecule has 0 saturated heterocycles. The number of hydrogen-bond donors (Lipinski definition) is 2. The smallest absolute Gasteiger partial charge is 0.227 e. The van der Waals surface area contributed by atoms with Crippen LogP contribution in [0.1, 0.15) is 25.7 Å². The second-order valence-corrected chi connectivity index (χ2v) is 8.43. The first-order valence-electron chi connectivity index (χ1n) is 8.58. The van der Waals surface area contributed by atoms with Crippen LogP contribution in [0.4, 0.5) is 5.69 Å². The van der Waals surface area contributed by atoms with Gasteiger partial charge >= 0.3 is 0 Å². The molecule has 3 aromatic rings. The number of hydrogen-bond acceptors (Lipinski definition) is 4. The van der Waals surface area contributed by atoms with Gasteiger partial charge in [0.2, 0.25) is 5.91 Å². The molecule has 4 nitrogen and oxygen atoms in total. The van der Waals surface area contributed by atoms with E-state index in [1.807, 2.05) is 17.8 Å². The van der Waals surface area contributed by atoms with Gasteiger partial charge in [0.1, 0.15) is 5.65 Å². The van der Waals surface area contributed by atoms with Gasteiger partial charge in [0.05, 0.1) is 5.69 Å². The van der Waals surface area contributed by atoms with E-state index in [4.69, 9.17) is 0 Å². The summed E-state index contributed by atoms with van der Waals surface area (Å²) in [5, 5.41) is 8.99. The molecule has 3 aromatic heterocycles. The summed E-state index contributed by atoms with van der Waals surface area (Å²) in [5.74, 6) is 0.271. The van der Waals surface area contributed by atoms with Crippen molar-refractivity contribution in [3.63, 3.8) is 0 Å². The Labute approximate surface area is 155 Å². The van der Waals surface area contributed by atoms with Crippen LogP contribution in [0.25, 0.3) is 22.3 Å². The van der Waals surface area contributed by atoms with Gasteiger partial charge in [-0.3, -0.25) is 4.79 Å². The Bertz CT molecular complexity index is 864. The lowest BCUT2D eigenvalue weighted by Gasteiger charge is -2.26. The zero-order valence-electron chi connectivity index (χ0n) is 14.1. The molecular weight excluding hydrogens is 350 g/mol. The standard InChI is InChI=1S/C19H21N3OS2/c1-24-14-4-2-12(3-5-14)19(23)22-16-6-8-20-18-15(16)10-17(21-18)13-7-9-25-11-13/h6-12,14H,2-5H2,1H3,(H2,20,21,22,23). The van der Waals surface area contributed by atoms with E-state index < -0.39 is 0 Å². The molecule has 1 aliphatic rings. The third-order valence-corrected chi connectivity index (χ3v) is 6.82. The molecule has 2 N–H and O–H groups in total. The summed E-state index contributed by atoms with van der Waals surface area (Å²) in [6.07, 6.45) is 8.15. The summed E-state index contributed by atoms with van der Waals surface area (Å²) in [4.78, 5) is 20.4. The quantitative estimate of drug-likeness (QED) is 0.667. The van der Waals surface area contributed by atoms with E-state index in [-0.39, 0.29) is 11.8 Å². The van der Waals surface area contributed by atoms with Crippen molar-refractivity contribution in [2.45, 2.75) is 30.9 Å². The lowest BCUT2D eigenvalue weighted by molar-refractivity contribution is -0.120. The van der Waals surface area contributed by atoms with Gasteiger partial charge in [-0.1, -0.05) is 0 Å². The number of nitrogens with one attached hydrogen (secondary N) is 2. The lowest BCUT2D eigenvalue weighted by atomic mass is 9.88. The van der Waals surface area contributed by atoms with Crippen LogP contribution in [0, 0.1) is 5.92 Å². The predicted molar refractivity (Wildman–Crippen MR) is 107 cm³/mol. The van der Waals surface area contributed by atoms with E-state index in [0.717, 1.165) is 58.9 Å². The number of fused-ring (bicyclic) bond motifs is 1. The molecule has 0 radical (unpaired) electrons. The van der Waals surface area contributed by atoms with Gasteiger partial charge in [0.15, 0.2) is 0 Å². The molecule has 1 amide bonds. The minimum atomic E-state index is 0.127. The highest BCUT2D eigenvalue weighted by Gasteiger charge is 2.26. The highest BCUT2D eigenvalue weighted by atomic mass is 32.2. The molecule has 0 spiro atoms. The SMILES string of the molecule is CSC1CCC(C(=O)Nc2ccnc3[nH]c(-c4ccsc4)cc23)CC1. The largest absolute Gasteiger partial charge is 0.339 e. The van der Waals surface area contributed by atoms with Gasteiger partial charge in [-0.25, -0.2) is 4.98 Å². The van der Waals surface area contributed by atoms with E-state index in [0.29, 0.717) is 0 Å². The Hall–Kier alpha value is -1.79.